The van der Waals surface area contributed by atoms with Crippen molar-refractivity contribution < 1.29 is 27.4 Å². The predicted octanol–water partition coefficient (Wildman–Crippen LogP) is 3.79. The lowest BCUT2D eigenvalue weighted by Crippen LogP contribution is -2.26. The van der Waals surface area contributed by atoms with Crippen molar-refractivity contribution in [1.82, 2.24) is 4.90 Å². The fourth-order valence-electron chi connectivity index (χ4n) is 2.68. The molecular formula is C18H16F3NO3. The number of amides is 1. The lowest BCUT2D eigenvalue weighted by molar-refractivity contribution is -0.274. The molecule has 1 heterocycles. The number of ether oxygens (including phenoxy) is 2. The second kappa shape index (κ2) is 6.66. The van der Waals surface area contributed by atoms with Crippen molar-refractivity contribution in [3.63, 3.8) is 0 Å². The van der Waals surface area contributed by atoms with Crippen LogP contribution in [-0.2, 0) is 13.0 Å². The highest BCUT2D eigenvalue weighted by molar-refractivity contribution is 5.94. The van der Waals surface area contributed by atoms with Crippen LogP contribution >= 0.6 is 0 Å². The lowest BCUT2D eigenvalue weighted by Gasteiger charge is -2.18. The van der Waals surface area contributed by atoms with Gasteiger partial charge in [-0.05, 0) is 41.5 Å². The summed E-state index contributed by atoms with van der Waals surface area (Å²) in [6.45, 7) is 0.897. The standard InChI is InChI=1S/C18H16F3NO3/c1-22(11-12-2-5-15(6-3-12)25-18(19,20)21)17(23)14-4-7-16-13(10-14)8-9-24-16/h2-7,10H,8-9,11H2,1H3. The Balaban J connectivity index is 1.65. The number of benzene rings is 2. The molecular weight excluding hydrogens is 335 g/mol. The van der Waals surface area contributed by atoms with Gasteiger partial charge in [0.05, 0.1) is 6.61 Å². The largest absolute Gasteiger partial charge is 0.573 e. The minimum atomic E-state index is -4.72. The van der Waals surface area contributed by atoms with Gasteiger partial charge in [-0.1, -0.05) is 12.1 Å². The van der Waals surface area contributed by atoms with E-state index in [9.17, 15) is 18.0 Å². The third-order valence-electron chi connectivity index (χ3n) is 3.86. The van der Waals surface area contributed by atoms with Crippen LogP contribution in [-0.4, -0.2) is 30.8 Å². The van der Waals surface area contributed by atoms with Gasteiger partial charge in [0.25, 0.3) is 5.91 Å². The maximum atomic E-state index is 12.5. The number of alkyl halides is 3. The normalized spacial score (nSPS) is 13.1. The first-order chi connectivity index (χ1) is 11.8. The average Bonchev–Trinajstić information content (AvgIpc) is 3.02. The number of nitrogens with zero attached hydrogens (tertiary/aromatic N) is 1. The Morgan fingerprint density at radius 2 is 1.92 bits per heavy atom. The Morgan fingerprint density at radius 1 is 1.20 bits per heavy atom. The molecule has 0 fully saturated rings. The highest BCUT2D eigenvalue weighted by Crippen LogP contribution is 2.27. The van der Waals surface area contributed by atoms with E-state index in [-0.39, 0.29) is 18.2 Å². The minimum Gasteiger partial charge on any atom is -0.493 e. The molecule has 0 saturated heterocycles. The van der Waals surface area contributed by atoms with Crippen LogP contribution in [0, 0.1) is 0 Å². The first-order valence-electron chi connectivity index (χ1n) is 7.68. The highest BCUT2D eigenvalue weighted by atomic mass is 19.4. The summed E-state index contributed by atoms with van der Waals surface area (Å²) in [7, 11) is 1.65. The van der Waals surface area contributed by atoms with Crippen LogP contribution in [0.4, 0.5) is 13.2 Å². The molecule has 7 heteroatoms. The van der Waals surface area contributed by atoms with Crippen molar-refractivity contribution in [3.05, 3.63) is 59.2 Å². The molecule has 0 N–H and O–H groups in total. The summed E-state index contributed by atoms with van der Waals surface area (Å²) in [5.74, 6) is 0.355. The molecule has 2 aromatic carbocycles. The van der Waals surface area contributed by atoms with Crippen LogP contribution in [0.3, 0.4) is 0 Å². The Bertz CT molecular complexity index is 772. The molecule has 1 amide bonds. The molecule has 3 rings (SSSR count). The van der Waals surface area contributed by atoms with Crippen LogP contribution in [0.25, 0.3) is 0 Å². The first kappa shape index (κ1) is 17.1. The molecule has 0 atom stereocenters. The molecule has 132 valence electrons. The highest BCUT2D eigenvalue weighted by Gasteiger charge is 2.31. The van der Waals surface area contributed by atoms with Gasteiger partial charge in [0.1, 0.15) is 11.5 Å². The van der Waals surface area contributed by atoms with Gasteiger partial charge in [-0.25, -0.2) is 0 Å². The second-order valence-electron chi connectivity index (χ2n) is 5.77. The van der Waals surface area contributed by atoms with Crippen molar-refractivity contribution in [3.8, 4) is 11.5 Å². The zero-order chi connectivity index (χ0) is 18.0. The zero-order valence-corrected chi connectivity index (χ0v) is 13.5. The lowest BCUT2D eigenvalue weighted by atomic mass is 10.1. The number of rotatable bonds is 4. The van der Waals surface area contributed by atoms with Crippen LogP contribution in [0.2, 0.25) is 0 Å². The molecule has 0 bridgehead atoms. The zero-order valence-electron chi connectivity index (χ0n) is 13.5. The summed E-state index contributed by atoms with van der Waals surface area (Å²) in [6, 6.07) is 10.8. The smallest absolute Gasteiger partial charge is 0.493 e. The predicted molar refractivity (Wildman–Crippen MR) is 84.6 cm³/mol. The van der Waals surface area contributed by atoms with Crippen molar-refractivity contribution in [2.24, 2.45) is 0 Å². The van der Waals surface area contributed by atoms with E-state index < -0.39 is 6.36 Å². The van der Waals surface area contributed by atoms with E-state index in [4.69, 9.17) is 4.74 Å². The Labute approximate surface area is 142 Å². The molecule has 0 radical (unpaired) electrons. The van der Waals surface area contributed by atoms with Gasteiger partial charge in [-0.2, -0.15) is 0 Å². The fraction of sp³-hybridized carbons (Fsp3) is 0.278. The van der Waals surface area contributed by atoms with E-state index in [1.165, 1.54) is 29.2 Å². The summed E-state index contributed by atoms with van der Waals surface area (Å²) in [5.41, 5.74) is 2.27. The summed E-state index contributed by atoms with van der Waals surface area (Å²) in [4.78, 5) is 14.0. The maximum absolute atomic E-state index is 12.5. The van der Waals surface area contributed by atoms with Crippen LogP contribution in [0.15, 0.2) is 42.5 Å². The Morgan fingerprint density at radius 3 is 2.60 bits per heavy atom. The van der Waals surface area contributed by atoms with E-state index in [2.05, 4.69) is 4.74 Å². The third-order valence-corrected chi connectivity index (χ3v) is 3.86. The number of carbonyl (C=O) groups excluding carboxylic acids is 1. The third kappa shape index (κ3) is 4.23. The van der Waals surface area contributed by atoms with Crippen molar-refractivity contribution in [1.29, 1.82) is 0 Å². The molecule has 2 aromatic rings. The van der Waals surface area contributed by atoms with Gasteiger partial charge >= 0.3 is 6.36 Å². The van der Waals surface area contributed by atoms with E-state index in [0.29, 0.717) is 17.7 Å². The van der Waals surface area contributed by atoms with Gasteiger partial charge in [0.15, 0.2) is 0 Å². The monoisotopic (exact) mass is 351 g/mol. The number of carbonyl (C=O) groups is 1. The quantitative estimate of drug-likeness (QED) is 0.841. The molecule has 1 aliphatic heterocycles. The molecule has 1 aliphatic rings. The van der Waals surface area contributed by atoms with Crippen molar-refractivity contribution >= 4 is 5.91 Å². The molecule has 0 saturated carbocycles. The van der Waals surface area contributed by atoms with Gasteiger partial charge < -0.3 is 14.4 Å². The van der Waals surface area contributed by atoms with Gasteiger partial charge in [0.2, 0.25) is 0 Å². The van der Waals surface area contributed by atoms with Crippen molar-refractivity contribution in [2.75, 3.05) is 13.7 Å². The second-order valence-corrected chi connectivity index (χ2v) is 5.77. The van der Waals surface area contributed by atoms with Crippen molar-refractivity contribution in [2.45, 2.75) is 19.3 Å². The molecule has 0 aliphatic carbocycles. The summed E-state index contributed by atoms with van der Waals surface area (Å²) < 4.78 is 45.7. The van der Waals surface area contributed by atoms with Gasteiger partial charge in [-0.3, -0.25) is 4.79 Å². The number of hydrogen-bond acceptors (Lipinski definition) is 3. The average molecular weight is 351 g/mol. The van der Waals surface area contributed by atoms with E-state index in [0.717, 1.165) is 17.7 Å². The molecule has 0 aromatic heterocycles. The van der Waals surface area contributed by atoms with E-state index in [1.807, 2.05) is 6.07 Å². The van der Waals surface area contributed by atoms with Crippen LogP contribution in [0.1, 0.15) is 21.5 Å². The SMILES string of the molecule is CN(Cc1ccc(OC(F)(F)F)cc1)C(=O)c1ccc2c(c1)CCO2. The molecule has 4 nitrogen and oxygen atoms in total. The number of fused-ring (bicyclic) bond motifs is 1. The Hall–Kier alpha value is -2.70. The van der Waals surface area contributed by atoms with Crippen LogP contribution < -0.4 is 9.47 Å². The fourth-order valence-corrected chi connectivity index (χ4v) is 2.68. The summed E-state index contributed by atoms with van der Waals surface area (Å²) in [5, 5.41) is 0. The summed E-state index contributed by atoms with van der Waals surface area (Å²) >= 11 is 0. The van der Waals surface area contributed by atoms with Gasteiger partial charge in [-0.15, -0.1) is 13.2 Å². The molecule has 25 heavy (non-hydrogen) atoms. The number of halogens is 3. The molecule has 0 unspecified atom stereocenters. The minimum absolute atomic E-state index is 0.162. The molecule has 0 spiro atoms. The van der Waals surface area contributed by atoms with Gasteiger partial charge in [0, 0.05) is 25.6 Å². The number of hydrogen-bond donors (Lipinski definition) is 0. The topological polar surface area (TPSA) is 38.8 Å². The van der Waals surface area contributed by atoms with E-state index >= 15 is 0 Å². The first-order valence-corrected chi connectivity index (χ1v) is 7.68. The summed E-state index contributed by atoms with van der Waals surface area (Å²) in [6.07, 6.45) is -3.94. The van der Waals surface area contributed by atoms with E-state index in [1.54, 1.807) is 19.2 Å². The maximum Gasteiger partial charge on any atom is 0.573 e. The Kier molecular flexibility index (Phi) is 4.57. The van der Waals surface area contributed by atoms with Crippen LogP contribution in [0.5, 0.6) is 11.5 Å².